The number of hydrogen-bond acceptors (Lipinski definition) is 20. The average Bonchev–Trinajstić information content (AvgIpc) is 3.03. The predicted octanol–water partition coefficient (Wildman–Crippen LogP) is -8.77. The Labute approximate surface area is 253 Å². The lowest BCUT2D eigenvalue weighted by Crippen LogP contribution is -2.67. The lowest BCUT2D eigenvalue weighted by molar-refractivity contribution is -0.387. The van der Waals surface area contributed by atoms with Gasteiger partial charge in [0, 0.05) is 0 Å². The van der Waals surface area contributed by atoms with E-state index in [4.69, 9.17) is 33.2 Å². The zero-order valence-electron chi connectivity index (χ0n) is 23.4. The SMILES string of the molecule is OC[C@H]1O[C@@H](O[C@@H]2[C@H](O)[C@@H](O)[C@H](O[C@@H]3[C@H](O)[C@@H](O)[C@H](O[C@@H]4[C@H](O)[C@@H](O)[C@H](O)O[C@@H]4CO)O[C@@H]3CO)O[C@@H]2CO)[C@H](O)[C@@H](O)[C@H]1F. The van der Waals surface area contributed by atoms with E-state index in [1.807, 2.05) is 0 Å². The van der Waals surface area contributed by atoms with Crippen molar-refractivity contribution in [1.82, 2.24) is 0 Å². The third kappa shape index (κ3) is 7.42. The van der Waals surface area contributed by atoms with E-state index in [-0.39, 0.29) is 0 Å². The molecular weight excluding hydrogens is 627 g/mol. The van der Waals surface area contributed by atoms with E-state index in [0.717, 1.165) is 0 Å². The fourth-order valence-electron chi connectivity index (χ4n) is 5.52. The second kappa shape index (κ2) is 15.6. The molecule has 0 amide bonds. The van der Waals surface area contributed by atoms with E-state index in [2.05, 4.69) is 0 Å². The van der Waals surface area contributed by atoms with Gasteiger partial charge < -0.3 is 99.5 Å². The maximum atomic E-state index is 14.1. The van der Waals surface area contributed by atoms with E-state index in [1.165, 1.54) is 0 Å². The van der Waals surface area contributed by atoms with Crippen LogP contribution in [0.4, 0.5) is 4.39 Å². The summed E-state index contributed by atoms with van der Waals surface area (Å²) in [7, 11) is 0. The third-order valence-electron chi connectivity index (χ3n) is 8.15. The number of aliphatic hydroxyl groups is 13. The molecule has 45 heavy (non-hydrogen) atoms. The minimum absolute atomic E-state index is 0.813. The molecule has 4 fully saturated rings. The lowest BCUT2D eigenvalue weighted by atomic mass is 9.95. The van der Waals surface area contributed by atoms with Crippen molar-refractivity contribution >= 4 is 0 Å². The van der Waals surface area contributed by atoms with Crippen molar-refractivity contribution < 1.29 is 104 Å². The van der Waals surface area contributed by atoms with E-state index < -0.39 is 149 Å². The summed E-state index contributed by atoms with van der Waals surface area (Å²) in [5.74, 6) is 0. The minimum Gasteiger partial charge on any atom is -0.394 e. The van der Waals surface area contributed by atoms with Crippen LogP contribution in [-0.4, -0.2) is 216 Å². The highest BCUT2D eigenvalue weighted by atomic mass is 19.1. The first-order chi connectivity index (χ1) is 21.3. The normalized spacial score (nSPS) is 52.9. The monoisotopic (exact) mass is 668 g/mol. The van der Waals surface area contributed by atoms with Gasteiger partial charge in [0.1, 0.15) is 91.6 Å². The smallest absolute Gasteiger partial charge is 0.187 e. The molecular formula is C24H41FO20. The molecule has 0 aromatic carbocycles. The average molecular weight is 669 g/mol. The molecule has 0 aromatic heterocycles. The van der Waals surface area contributed by atoms with Gasteiger partial charge in [-0.15, -0.1) is 0 Å². The van der Waals surface area contributed by atoms with Crippen molar-refractivity contribution in [3.8, 4) is 0 Å². The molecule has 13 N–H and O–H groups in total. The molecule has 4 rings (SSSR count). The quantitative estimate of drug-likeness (QED) is 0.103. The summed E-state index contributed by atoms with van der Waals surface area (Å²) in [4.78, 5) is 0. The summed E-state index contributed by atoms with van der Waals surface area (Å²) in [6.45, 7) is -3.55. The van der Waals surface area contributed by atoms with Crippen LogP contribution in [0.15, 0.2) is 0 Å². The summed E-state index contributed by atoms with van der Waals surface area (Å²) in [6, 6.07) is 0. The first kappa shape index (κ1) is 37.0. The maximum absolute atomic E-state index is 14.1. The van der Waals surface area contributed by atoms with Crippen molar-refractivity contribution in [3.05, 3.63) is 0 Å². The maximum Gasteiger partial charge on any atom is 0.187 e. The standard InChI is InChI=1S/C24H41FO20/c25-9-5(1-26)40-22(15(35)10(9)30)44-19-7(3-28)42-24(17(37)12(19)32)45-20-8(4-29)41-23(16(36)13(20)33)43-18-6(2-27)39-21(38)14(34)11(18)31/h5-24,26-38H,1-4H2/t5-,6-,7-,8-,9+,10+,11-,12-,13-,14-,15-,16-,17-,18+,19+,20+,21-,22+,23+,24+/m1/s1. The van der Waals surface area contributed by atoms with Crippen molar-refractivity contribution in [2.24, 2.45) is 0 Å². The van der Waals surface area contributed by atoms with Gasteiger partial charge in [-0.3, -0.25) is 0 Å². The fourth-order valence-corrected chi connectivity index (χ4v) is 5.52. The molecule has 4 saturated heterocycles. The highest BCUT2D eigenvalue weighted by molar-refractivity contribution is 4.97. The molecule has 20 nitrogen and oxygen atoms in total. The molecule has 0 radical (unpaired) electrons. The van der Waals surface area contributed by atoms with E-state index >= 15 is 0 Å². The van der Waals surface area contributed by atoms with Gasteiger partial charge in [0.05, 0.1) is 26.4 Å². The van der Waals surface area contributed by atoms with Gasteiger partial charge >= 0.3 is 0 Å². The van der Waals surface area contributed by atoms with Crippen molar-refractivity contribution in [2.75, 3.05) is 26.4 Å². The summed E-state index contributed by atoms with van der Waals surface area (Å²) in [6.07, 6.45) is -36.7. The first-order valence-corrected chi connectivity index (χ1v) is 14.1. The van der Waals surface area contributed by atoms with Crippen LogP contribution in [-0.2, 0) is 33.2 Å². The summed E-state index contributed by atoms with van der Waals surface area (Å²) >= 11 is 0. The van der Waals surface area contributed by atoms with Gasteiger partial charge in [0.15, 0.2) is 31.3 Å². The highest BCUT2D eigenvalue weighted by Gasteiger charge is 2.55. The molecule has 4 aliphatic heterocycles. The second-order valence-electron chi connectivity index (χ2n) is 11.1. The molecule has 0 aromatic rings. The molecule has 0 saturated carbocycles. The summed E-state index contributed by atoms with van der Waals surface area (Å²) in [5, 5.41) is 132. The number of rotatable bonds is 10. The number of halogens is 1. The largest absolute Gasteiger partial charge is 0.394 e. The Morgan fingerprint density at radius 1 is 0.400 bits per heavy atom. The van der Waals surface area contributed by atoms with E-state index in [1.54, 1.807) is 0 Å². The Kier molecular flexibility index (Phi) is 12.8. The number of alkyl halides is 1. The highest BCUT2D eigenvalue weighted by Crippen LogP contribution is 2.34. The van der Waals surface area contributed by atoms with Crippen LogP contribution in [0.1, 0.15) is 0 Å². The van der Waals surface area contributed by atoms with Crippen molar-refractivity contribution in [1.29, 1.82) is 0 Å². The van der Waals surface area contributed by atoms with Crippen LogP contribution in [0.25, 0.3) is 0 Å². The van der Waals surface area contributed by atoms with Gasteiger partial charge in [-0.1, -0.05) is 0 Å². The molecule has 0 unspecified atom stereocenters. The van der Waals surface area contributed by atoms with Crippen LogP contribution >= 0.6 is 0 Å². The predicted molar refractivity (Wildman–Crippen MR) is 133 cm³/mol. The van der Waals surface area contributed by atoms with Gasteiger partial charge in [-0.2, -0.15) is 0 Å². The number of ether oxygens (including phenoxy) is 7. The molecule has 264 valence electrons. The first-order valence-electron chi connectivity index (χ1n) is 14.1. The summed E-state index contributed by atoms with van der Waals surface area (Å²) < 4.78 is 51.6. The topological polar surface area (TPSA) is 328 Å². The molecule has 4 heterocycles. The molecule has 21 heteroatoms. The number of aliphatic hydroxyl groups excluding tert-OH is 13. The molecule has 4 aliphatic rings. The Balaban J connectivity index is 1.43. The zero-order valence-corrected chi connectivity index (χ0v) is 23.4. The van der Waals surface area contributed by atoms with E-state index in [9.17, 15) is 70.8 Å². The van der Waals surface area contributed by atoms with Gasteiger partial charge in [-0.25, -0.2) is 4.39 Å². The Morgan fingerprint density at radius 3 is 1.09 bits per heavy atom. The van der Waals surface area contributed by atoms with Crippen molar-refractivity contribution in [2.45, 2.75) is 123 Å². The van der Waals surface area contributed by atoms with Crippen LogP contribution in [0.5, 0.6) is 0 Å². The Morgan fingerprint density at radius 2 is 0.711 bits per heavy atom. The Hall–Kier alpha value is -0.870. The molecule has 0 bridgehead atoms. The Bertz CT molecular complexity index is 916. The van der Waals surface area contributed by atoms with Gasteiger partial charge in [0.2, 0.25) is 0 Å². The molecule has 20 atom stereocenters. The van der Waals surface area contributed by atoms with Gasteiger partial charge in [0.25, 0.3) is 0 Å². The third-order valence-corrected chi connectivity index (χ3v) is 8.15. The summed E-state index contributed by atoms with van der Waals surface area (Å²) in [5.41, 5.74) is 0. The number of hydrogen-bond donors (Lipinski definition) is 13. The molecule has 0 aliphatic carbocycles. The van der Waals surface area contributed by atoms with Crippen LogP contribution in [0.3, 0.4) is 0 Å². The second-order valence-corrected chi connectivity index (χ2v) is 11.1. The van der Waals surface area contributed by atoms with Crippen molar-refractivity contribution in [3.63, 3.8) is 0 Å². The van der Waals surface area contributed by atoms with E-state index in [0.29, 0.717) is 0 Å². The zero-order chi connectivity index (χ0) is 33.3. The van der Waals surface area contributed by atoms with Gasteiger partial charge in [-0.05, 0) is 0 Å². The molecule has 0 spiro atoms. The van der Waals surface area contributed by atoms with Crippen LogP contribution < -0.4 is 0 Å². The fraction of sp³-hybridized carbons (Fsp3) is 1.00. The lowest BCUT2D eigenvalue weighted by Gasteiger charge is -2.48. The minimum atomic E-state index is -2.19. The van der Waals surface area contributed by atoms with Crippen LogP contribution in [0.2, 0.25) is 0 Å². The van der Waals surface area contributed by atoms with Crippen LogP contribution in [0, 0.1) is 0 Å².